The third-order valence-corrected chi connectivity index (χ3v) is 0.994. The smallest absolute Gasteiger partial charge is 0.280 e. The molecule has 0 spiro atoms. The van der Waals surface area contributed by atoms with Gasteiger partial charge in [-0.1, -0.05) is 5.16 Å². The van der Waals surface area contributed by atoms with E-state index in [1.807, 2.05) is 0 Å². The van der Waals surface area contributed by atoms with Crippen molar-refractivity contribution in [3.63, 3.8) is 0 Å². The molecular weight excluding hydrogens is 160 g/mol. The Labute approximate surface area is 68.0 Å². The first-order valence-electron chi connectivity index (χ1n) is 3.28. The van der Waals surface area contributed by atoms with Crippen molar-refractivity contribution in [3.05, 3.63) is 40.7 Å². The SMILES string of the molecule is Cc1cc(=O)[nH]o1.c1cnoc1. The first-order valence-corrected chi connectivity index (χ1v) is 3.28. The predicted octanol–water partition coefficient (Wildman–Crippen LogP) is 0.951. The molecule has 0 atom stereocenters. The first-order chi connectivity index (χ1) is 5.79. The number of nitrogens with zero attached hydrogens (tertiary/aromatic N) is 1. The van der Waals surface area contributed by atoms with E-state index in [4.69, 9.17) is 0 Å². The minimum absolute atomic E-state index is 0.183. The van der Waals surface area contributed by atoms with E-state index in [-0.39, 0.29) is 5.56 Å². The summed E-state index contributed by atoms with van der Waals surface area (Å²) in [7, 11) is 0. The summed E-state index contributed by atoms with van der Waals surface area (Å²) in [4.78, 5) is 10.1. The van der Waals surface area contributed by atoms with Crippen LogP contribution in [0.3, 0.4) is 0 Å². The van der Waals surface area contributed by atoms with Gasteiger partial charge in [-0.25, -0.2) is 0 Å². The molecule has 0 radical (unpaired) electrons. The Hall–Kier alpha value is -1.78. The number of H-pyrrole nitrogens is 1. The highest BCUT2D eigenvalue weighted by Crippen LogP contribution is 1.83. The summed E-state index contributed by atoms with van der Waals surface area (Å²) in [6, 6.07) is 3.11. The summed E-state index contributed by atoms with van der Waals surface area (Å²) in [6.45, 7) is 1.71. The summed E-state index contributed by atoms with van der Waals surface area (Å²) >= 11 is 0. The summed E-state index contributed by atoms with van der Waals surface area (Å²) in [5.41, 5.74) is -0.183. The van der Waals surface area contributed by atoms with Crippen LogP contribution in [0.2, 0.25) is 0 Å². The molecule has 0 aliphatic rings. The fourth-order valence-corrected chi connectivity index (χ4v) is 0.550. The lowest BCUT2D eigenvalue weighted by atomic mass is 10.5. The van der Waals surface area contributed by atoms with Gasteiger partial charge in [-0.15, -0.1) is 0 Å². The number of hydrogen-bond acceptors (Lipinski definition) is 4. The van der Waals surface area contributed by atoms with Crippen LogP contribution in [-0.4, -0.2) is 10.3 Å². The van der Waals surface area contributed by atoms with Gasteiger partial charge in [0, 0.05) is 6.07 Å². The van der Waals surface area contributed by atoms with Crippen LogP contribution in [0.5, 0.6) is 0 Å². The molecule has 1 N–H and O–H groups in total. The van der Waals surface area contributed by atoms with Crippen molar-refractivity contribution >= 4 is 0 Å². The Balaban J connectivity index is 0.000000127. The number of nitrogens with one attached hydrogen (secondary N) is 1. The Bertz CT molecular complexity index is 329. The van der Waals surface area contributed by atoms with E-state index in [2.05, 4.69) is 19.4 Å². The van der Waals surface area contributed by atoms with Gasteiger partial charge in [0.05, 0.1) is 6.20 Å². The van der Waals surface area contributed by atoms with Crippen LogP contribution >= 0.6 is 0 Å². The van der Waals surface area contributed by atoms with Crippen LogP contribution in [0.25, 0.3) is 0 Å². The van der Waals surface area contributed by atoms with Crippen molar-refractivity contribution in [3.8, 4) is 0 Å². The van der Waals surface area contributed by atoms with Crippen LogP contribution in [0, 0.1) is 6.92 Å². The molecule has 0 bridgehead atoms. The van der Waals surface area contributed by atoms with Gasteiger partial charge in [-0.3, -0.25) is 4.79 Å². The molecule has 0 unspecified atom stereocenters. The quantitative estimate of drug-likeness (QED) is 0.635. The molecule has 5 heteroatoms. The lowest BCUT2D eigenvalue weighted by Crippen LogP contribution is -1.92. The van der Waals surface area contributed by atoms with E-state index in [0.29, 0.717) is 5.76 Å². The first kappa shape index (κ1) is 8.32. The van der Waals surface area contributed by atoms with Crippen molar-refractivity contribution in [2.45, 2.75) is 6.92 Å². The van der Waals surface area contributed by atoms with Crippen molar-refractivity contribution < 1.29 is 9.05 Å². The zero-order valence-electron chi connectivity index (χ0n) is 6.48. The Kier molecular flexibility index (Phi) is 2.89. The second-order valence-electron chi connectivity index (χ2n) is 2.01. The zero-order valence-corrected chi connectivity index (χ0v) is 6.48. The van der Waals surface area contributed by atoms with E-state index in [1.54, 1.807) is 19.2 Å². The number of rotatable bonds is 0. The normalized spacial score (nSPS) is 8.75. The Morgan fingerprint density at radius 1 is 1.58 bits per heavy atom. The third kappa shape index (κ3) is 2.87. The van der Waals surface area contributed by atoms with Crippen LogP contribution in [0.15, 0.2) is 38.4 Å². The van der Waals surface area contributed by atoms with Crippen molar-refractivity contribution in [2.75, 3.05) is 0 Å². The van der Waals surface area contributed by atoms with Crippen LogP contribution in [-0.2, 0) is 0 Å². The molecule has 2 aromatic rings. The van der Waals surface area contributed by atoms with Gasteiger partial charge in [-0.05, 0) is 13.0 Å². The summed E-state index contributed by atoms with van der Waals surface area (Å²) in [5.74, 6) is 0.616. The van der Waals surface area contributed by atoms with Crippen LogP contribution < -0.4 is 5.56 Å². The molecule has 2 rings (SSSR count). The van der Waals surface area contributed by atoms with E-state index in [1.165, 1.54) is 12.3 Å². The van der Waals surface area contributed by atoms with Crippen molar-refractivity contribution in [1.29, 1.82) is 0 Å². The maximum atomic E-state index is 10.1. The van der Waals surface area contributed by atoms with Crippen LogP contribution in [0.4, 0.5) is 0 Å². The molecular formula is C7H8N2O3. The highest BCUT2D eigenvalue weighted by Gasteiger charge is 1.85. The van der Waals surface area contributed by atoms with Gasteiger partial charge in [0.15, 0.2) is 0 Å². The lowest BCUT2D eigenvalue weighted by Gasteiger charge is -1.66. The highest BCUT2D eigenvalue weighted by atomic mass is 16.5. The Morgan fingerprint density at radius 2 is 2.42 bits per heavy atom. The minimum atomic E-state index is -0.183. The monoisotopic (exact) mass is 168 g/mol. The lowest BCUT2D eigenvalue weighted by molar-refractivity contribution is 0.392. The molecule has 0 amide bonds. The van der Waals surface area contributed by atoms with Crippen molar-refractivity contribution in [2.24, 2.45) is 0 Å². The predicted molar refractivity (Wildman–Crippen MR) is 40.6 cm³/mol. The molecule has 0 aliphatic carbocycles. The number of aromatic nitrogens is 2. The highest BCUT2D eigenvalue weighted by molar-refractivity contribution is 4.88. The van der Waals surface area contributed by atoms with Gasteiger partial charge in [-0.2, -0.15) is 5.16 Å². The standard InChI is InChI=1S/C4H5NO2.C3H3NO/c1-3-2-4(6)5-7-3;1-2-4-5-3-1/h2H,1H3,(H,5,6);1-3H. The van der Waals surface area contributed by atoms with Gasteiger partial charge in [0.1, 0.15) is 12.0 Å². The molecule has 2 aromatic heterocycles. The third-order valence-electron chi connectivity index (χ3n) is 0.994. The molecule has 64 valence electrons. The Morgan fingerprint density at radius 3 is 2.58 bits per heavy atom. The molecule has 0 saturated carbocycles. The van der Waals surface area contributed by atoms with E-state index in [9.17, 15) is 4.79 Å². The average Bonchev–Trinajstić information content (AvgIpc) is 2.63. The average molecular weight is 168 g/mol. The molecule has 0 saturated heterocycles. The van der Waals surface area contributed by atoms with Gasteiger partial charge in [0.2, 0.25) is 0 Å². The largest absolute Gasteiger partial charge is 0.384 e. The fourth-order valence-electron chi connectivity index (χ4n) is 0.550. The maximum absolute atomic E-state index is 10.1. The molecule has 2 heterocycles. The summed E-state index contributed by atoms with van der Waals surface area (Å²) < 4.78 is 8.86. The number of aromatic amines is 1. The molecule has 5 nitrogen and oxygen atoms in total. The van der Waals surface area contributed by atoms with Crippen molar-refractivity contribution in [1.82, 2.24) is 10.3 Å². The van der Waals surface area contributed by atoms with Gasteiger partial charge in [0.25, 0.3) is 5.56 Å². The van der Waals surface area contributed by atoms with E-state index >= 15 is 0 Å². The second kappa shape index (κ2) is 4.17. The number of aryl methyl sites for hydroxylation is 1. The maximum Gasteiger partial charge on any atom is 0.280 e. The minimum Gasteiger partial charge on any atom is -0.384 e. The number of hydrogen-bond donors (Lipinski definition) is 1. The van der Waals surface area contributed by atoms with E-state index in [0.717, 1.165) is 0 Å². The topological polar surface area (TPSA) is 72.0 Å². The molecule has 0 aromatic carbocycles. The summed E-state index contributed by atoms with van der Waals surface area (Å²) in [5, 5.41) is 5.48. The second-order valence-corrected chi connectivity index (χ2v) is 2.01. The molecule has 0 aliphatic heterocycles. The van der Waals surface area contributed by atoms with Gasteiger partial charge < -0.3 is 9.05 Å². The zero-order chi connectivity index (χ0) is 8.81. The molecule has 12 heavy (non-hydrogen) atoms. The van der Waals surface area contributed by atoms with Gasteiger partial charge >= 0.3 is 0 Å². The van der Waals surface area contributed by atoms with Crippen LogP contribution in [0.1, 0.15) is 5.76 Å². The fraction of sp³-hybridized carbons (Fsp3) is 0.143. The molecule has 0 fully saturated rings. The van der Waals surface area contributed by atoms with E-state index < -0.39 is 0 Å². The summed E-state index contributed by atoms with van der Waals surface area (Å²) in [6.07, 6.45) is 3.10.